The second-order valence-corrected chi connectivity index (χ2v) is 8.58. The van der Waals surface area contributed by atoms with E-state index < -0.39 is 0 Å². The smallest absolute Gasteiger partial charge is 0.290 e. The molecule has 1 saturated heterocycles. The Labute approximate surface area is 183 Å². The molecule has 1 fully saturated rings. The Morgan fingerprint density at radius 3 is 2.55 bits per heavy atom. The maximum Gasteiger partial charge on any atom is 0.290 e. The fourth-order valence-electron chi connectivity index (χ4n) is 4.99. The molecule has 3 heterocycles. The van der Waals surface area contributed by atoms with Crippen molar-refractivity contribution in [3.05, 3.63) is 59.4 Å². The Morgan fingerprint density at radius 2 is 1.84 bits per heavy atom. The van der Waals surface area contributed by atoms with E-state index in [1.807, 2.05) is 0 Å². The molecule has 164 valence electrons. The van der Waals surface area contributed by atoms with Gasteiger partial charge >= 0.3 is 0 Å². The first kappa shape index (κ1) is 21.4. The molecule has 1 unspecified atom stereocenters. The van der Waals surface area contributed by atoms with Gasteiger partial charge in [-0.15, -0.1) is 0 Å². The number of anilines is 1. The molecule has 6 heteroatoms. The highest BCUT2D eigenvalue weighted by Gasteiger charge is 2.27. The van der Waals surface area contributed by atoms with Crippen molar-refractivity contribution < 1.29 is 9.90 Å². The first-order valence-electron chi connectivity index (χ1n) is 11.2. The molecule has 6 nitrogen and oxygen atoms in total. The van der Waals surface area contributed by atoms with Crippen molar-refractivity contribution in [1.29, 1.82) is 0 Å². The van der Waals surface area contributed by atoms with Crippen molar-refractivity contribution in [2.75, 3.05) is 25.0 Å². The van der Waals surface area contributed by atoms with Gasteiger partial charge in [-0.25, -0.2) is 4.98 Å². The maximum atomic E-state index is 8.36. The molecule has 0 spiro atoms. The Hall–Kier alpha value is -2.86. The van der Waals surface area contributed by atoms with E-state index in [4.69, 9.17) is 14.9 Å². The van der Waals surface area contributed by atoms with Crippen LogP contribution >= 0.6 is 0 Å². The van der Waals surface area contributed by atoms with Crippen LogP contribution in [-0.2, 0) is 17.6 Å². The quantitative estimate of drug-likeness (QED) is 0.626. The SMILES string of the molecule is CC1CCc2c(ccc3c2nc(Cc2ccccc2)n3C2CCNCC2)N1C.O=CO. The number of fused-ring (bicyclic) bond motifs is 3. The lowest BCUT2D eigenvalue weighted by molar-refractivity contribution is -0.122. The van der Waals surface area contributed by atoms with Crippen LogP contribution in [0.2, 0.25) is 0 Å². The van der Waals surface area contributed by atoms with Crippen molar-refractivity contribution in [3.8, 4) is 0 Å². The third-order valence-electron chi connectivity index (χ3n) is 6.75. The number of benzene rings is 2. The minimum Gasteiger partial charge on any atom is -0.483 e. The summed E-state index contributed by atoms with van der Waals surface area (Å²) in [6.07, 6.45) is 5.60. The van der Waals surface area contributed by atoms with Gasteiger partial charge in [0.05, 0.1) is 11.0 Å². The van der Waals surface area contributed by atoms with Crippen molar-refractivity contribution in [2.45, 2.75) is 51.1 Å². The predicted molar refractivity (Wildman–Crippen MR) is 125 cm³/mol. The van der Waals surface area contributed by atoms with E-state index in [1.54, 1.807) is 0 Å². The van der Waals surface area contributed by atoms with Crippen LogP contribution in [0.25, 0.3) is 11.0 Å². The summed E-state index contributed by atoms with van der Waals surface area (Å²) in [6.45, 7) is 4.27. The van der Waals surface area contributed by atoms with Gasteiger partial charge in [0.2, 0.25) is 0 Å². The summed E-state index contributed by atoms with van der Waals surface area (Å²) in [5.41, 5.74) is 6.72. The average Bonchev–Trinajstić information content (AvgIpc) is 3.16. The molecule has 0 amide bonds. The molecule has 0 aliphatic carbocycles. The molecule has 31 heavy (non-hydrogen) atoms. The van der Waals surface area contributed by atoms with Crippen LogP contribution in [0.1, 0.15) is 49.2 Å². The van der Waals surface area contributed by atoms with Gasteiger partial charge in [-0.1, -0.05) is 30.3 Å². The summed E-state index contributed by atoms with van der Waals surface area (Å²) in [5, 5.41) is 10.4. The van der Waals surface area contributed by atoms with Gasteiger partial charge < -0.3 is 19.9 Å². The fraction of sp³-hybridized carbons (Fsp3) is 0.440. The monoisotopic (exact) mass is 420 g/mol. The van der Waals surface area contributed by atoms with Gasteiger partial charge in [0, 0.05) is 36.8 Å². The van der Waals surface area contributed by atoms with Crippen LogP contribution in [0, 0.1) is 0 Å². The van der Waals surface area contributed by atoms with E-state index in [0.29, 0.717) is 12.1 Å². The fourth-order valence-corrected chi connectivity index (χ4v) is 4.99. The average molecular weight is 421 g/mol. The highest BCUT2D eigenvalue weighted by Crippen LogP contribution is 2.37. The Kier molecular flexibility index (Phi) is 6.56. The van der Waals surface area contributed by atoms with Gasteiger partial charge in [-0.2, -0.15) is 0 Å². The van der Waals surface area contributed by atoms with Crippen LogP contribution in [0.15, 0.2) is 42.5 Å². The summed E-state index contributed by atoms with van der Waals surface area (Å²) < 4.78 is 2.57. The summed E-state index contributed by atoms with van der Waals surface area (Å²) >= 11 is 0. The molecule has 5 rings (SSSR count). The summed E-state index contributed by atoms with van der Waals surface area (Å²) in [5.74, 6) is 1.22. The topological polar surface area (TPSA) is 70.4 Å². The standard InChI is InChI=1S/C24H30N4.CH2O2/c1-17-8-9-20-21(27(17)2)10-11-22-24(20)26-23(16-18-6-4-3-5-7-18)28(22)19-12-14-25-15-13-19;2-1-3/h3-7,10-11,17,19,25H,8-9,12-16H2,1-2H3;1H,(H,2,3). The molecular weight excluding hydrogens is 388 g/mol. The van der Waals surface area contributed by atoms with E-state index in [2.05, 4.69) is 71.2 Å². The molecule has 1 aromatic heterocycles. The molecule has 2 aliphatic rings. The van der Waals surface area contributed by atoms with E-state index in [9.17, 15) is 0 Å². The first-order chi connectivity index (χ1) is 15.1. The molecular formula is C25H32N4O2. The van der Waals surface area contributed by atoms with E-state index in [-0.39, 0.29) is 6.47 Å². The number of carboxylic acid groups (broad SMARTS) is 1. The first-order valence-corrected chi connectivity index (χ1v) is 11.2. The second-order valence-electron chi connectivity index (χ2n) is 8.58. The number of carbonyl (C=O) groups is 1. The number of nitrogens with one attached hydrogen (secondary N) is 1. The number of nitrogens with zero attached hydrogens (tertiary/aromatic N) is 3. The summed E-state index contributed by atoms with van der Waals surface area (Å²) in [4.78, 5) is 16.1. The normalized spacial score (nSPS) is 18.9. The number of imidazole rings is 1. The van der Waals surface area contributed by atoms with Gasteiger partial charge in [-0.05, 0) is 63.4 Å². The molecule has 0 saturated carbocycles. The van der Waals surface area contributed by atoms with Gasteiger partial charge in [0.15, 0.2) is 0 Å². The van der Waals surface area contributed by atoms with Gasteiger partial charge in [0.1, 0.15) is 5.82 Å². The molecule has 3 aromatic rings. The largest absolute Gasteiger partial charge is 0.483 e. The van der Waals surface area contributed by atoms with E-state index >= 15 is 0 Å². The Bertz CT molecular complexity index is 1020. The summed E-state index contributed by atoms with van der Waals surface area (Å²) in [6, 6.07) is 16.6. The number of rotatable bonds is 3. The Balaban J connectivity index is 0.000000730. The van der Waals surface area contributed by atoms with Crippen LogP contribution in [-0.4, -0.2) is 47.3 Å². The number of piperidine rings is 1. The van der Waals surface area contributed by atoms with Gasteiger partial charge in [-0.3, -0.25) is 4.79 Å². The highest BCUT2D eigenvalue weighted by molar-refractivity contribution is 5.86. The lowest BCUT2D eigenvalue weighted by Gasteiger charge is -2.34. The number of hydrogen-bond acceptors (Lipinski definition) is 4. The zero-order valence-corrected chi connectivity index (χ0v) is 18.4. The minimum atomic E-state index is -0.250. The van der Waals surface area contributed by atoms with Crippen LogP contribution < -0.4 is 10.2 Å². The molecule has 2 aliphatic heterocycles. The minimum absolute atomic E-state index is 0.250. The molecule has 0 radical (unpaired) electrons. The third kappa shape index (κ3) is 4.30. The van der Waals surface area contributed by atoms with Crippen molar-refractivity contribution in [3.63, 3.8) is 0 Å². The number of aromatic nitrogens is 2. The second kappa shape index (κ2) is 9.52. The number of aryl methyl sites for hydroxylation is 1. The Morgan fingerprint density at radius 1 is 1.13 bits per heavy atom. The highest BCUT2D eigenvalue weighted by atomic mass is 16.3. The molecule has 0 bridgehead atoms. The van der Waals surface area contributed by atoms with Crippen molar-refractivity contribution in [2.24, 2.45) is 0 Å². The molecule has 2 aromatic carbocycles. The zero-order chi connectivity index (χ0) is 21.8. The lowest BCUT2D eigenvalue weighted by atomic mass is 9.96. The maximum absolute atomic E-state index is 8.36. The molecule has 2 N–H and O–H groups in total. The molecule has 1 atom stereocenters. The predicted octanol–water partition coefficient (Wildman–Crippen LogP) is 4.02. The number of hydrogen-bond donors (Lipinski definition) is 2. The third-order valence-corrected chi connectivity index (χ3v) is 6.75. The lowest BCUT2D eigenvalue weighted by Crippen LogP contribution is -2.33. The summed E-state index contributed by atoms with van der Waals surface area (Å²) in [7, 11) is 2.23. The van der Waals surface area contributed by atoms with E-state index in [1.165, 1.54) is 52.9 Å². The van der Waals surface area contributed by atoms with Crippen LogP contribution in [0.4, 0.5) is 5.69 Å². The van der Waals surface area contributed by atoms with Gasteiger partial charge in [0.25, 0.3) is 6.47 Å². The van der Waals surface area contributed by atoms with Crippen molar-refractivity contribution in [1.82, 2.24) is 14.9 Å². The van der Waals surface area contributed by atoms with Crippen molar-refractivity contribution >= 4 is 23.2 Å². The zero-order valence-electron chi connectivity index (χ0n) is 18.4. The van der Waals surface area contributed by atoms with E-state index in [0.717, 1.165) is 25.9 Å². The van der Waals surface area contributed by atoms with Crippen LogP contribution in [0.5, 0.6) is 0 Å². The van der Waals surface area contributed by atoms with Crippen LogP contribution in [0.3, 0.4) is 0 Å².